The fourth-order valence-corrected chi connectivity index (χ4v) is 4.72. The molecule has 3 atom stereocenters. The third-order valence-electron chi connectivity index (χ3n) is 6.53. The highest BCUT2D eigenvalue weighted by molar-refractivity contribution is 5.94. The lowest BCUT2D eigenvalue weighted by molar-refractivity contribution is -0.137. The molecule has 150 valence electrons. The van der Waals surface area contributed by atoms with Crippen LogP contribution in [0.2, 0.25) is 0 Å². The zero-order valence-electron chi connectivity index (χ0n) is 17.0. The van der Waals surface area contributed by atoms with Crippen LogP contribution in [0.25, 0.3) is 11.1 Å². The van der Waals surface area contributed by atoms with E-state index in [0.29, 0.717) is 35.4 Å². The van der Waals surface area contributed by atoms with Gasteiger partial charge in [0.15, 0.2) is 0 Å². The number of amides is 2. The molecule has 4 aliphatic rings. The third-order valence-corrected chi connectivity index (χ3v) is 6.53. The van der Waals surface area contributed by atoms with E-state index in [1.807, 2.05) is 24.3 Å². The van der Waals surface area contributed by atoms with E-state index in [-0.39, 0.29) is 5.91 Å². The lowest BCUT2D eigenvalue weighted by Crippen LogP contribution is -2.72. The molecule has 0 aromatic heterocycles. The Labute approximate surface area is 171 Å². The van der Waals surface area contributed by atoms with Gasteiger partial charge in [0.05, 0.1) is 0 Å². The molecule has 5 heteroatoms. The minimum Gasteiger partial charge on any atom is -0.345 e. The van der Waals surface area contributed by atoms with Gasteiger partial charge in [0, 0.05) is 56.7 Å². The average molecular weight is 389 g/mol. The first kappa shape index (κ1) is 18.4. The molecule has 1 N–H and O–H groups in total. The summed E-state index contributed by atoms with van der Waals surface area (Å²) < 4.78 is 0. The van der Waals surface area contributed by atoms with Gasteiger partial charge in [0.1, 0.15) is 0 Å². The summed E-state index contributed by atoms with van der Waals surface area (Å²) in [4.78, 5) is 28.1. The van der Waals surface area contributed by atoms with Gasteiger partial charge in [-0.3, -0.25) is 9.59 Å². The highest BCUT2D eigenvalue weighted by atomic mass is 16.2. The SMILES string of the molecule is CN(C)C(=O)c1ccc(-c2ccc(C3[C@@H]4CN(C(=O)C5CC5)C[C@H]3N4)cc2)cc1. The van der Waals surface area contributed by atoms with E-state index in [1.54, 1.807) is 19.0 Å². The summed E-state index contributed by atoms with van der Waals surface area (Å²) in [5, 5.41) is 3.61. The highest BCUT2D eigenvalue weighted by Crippen LogP contribution is 2.40. The molecule has 1 aliphatic carbocycles. The first-order valence-corrected chi connectivity index (χ1v) is 10.5. The normalized spacial score (nSPS) is 25.3. The van der Waals surface area contributed by atoms with Gasteiger partial charge in [-0.05, 0) is 41.7 Å². The Balaban J connectivity index is 1.27. The first-order chi connectivity index (χ1) is 14.0. The average Bonchev–Trinajstić information content (AvgIpc) is 3.59. The predicted molar refractivity (Wildman–Crippen MR) is 113 cm³/mol. The number of benzene rings is 2. The summed E-state index contributed by atoms with van der Waals surface area (Å²) in [6, 6.07) is 17.3. The number of carbonyl (C=O) groups excluding carboxylic acids is 2. The van der Waals surface area contributed by atoms with Crippen LogP contribution in [-0.2, 0) is 4.79 Å². The Hall–Kier alpha value is -2.66. The zero-order valence-corrected chi connectivity index (χ0v) is 17.0. The second kappa shape index (κ2) is 6.99. The van der Waals surface area contributed by atoms with Crippen molar-refractivity contribution in [2.24, 2.45) is 5.92 Å². The molecule has 2 amide bonds. The molecular formula is C24H27N3O2. The topological polar surface area (TPSA) is 52.7 Å². The Morgan fingerprint density at radius 3 is 1.97 bits per heavy atom. The van der Waals surface area contributed by atoms with E-state index in [2.05, 4.69) is 34.5 Å². The first-order valence-electron chi connectivity index (χ1n) is 10.5. The summed E-state index contributed by atoms with van der Waals surface area (Å²) in [5.41, 5.74) is 4.31. The number of piperidine rings is 1. The predicted octanol–water partition coefficient (Wildman–Crippen LogP) is 2.73. The summed E-state index contributed by atoms with van der Waals surface area (Å²) in [6.45, 7) is 1.67. The third kappa shape index (κ3) is 3.33. The molecule has 29 heavy (non-hydrogen) atoms. The standard InChI is InChI=1S/C24H27N3O2/c1-26(2)23(28)18-9-5-16(6-10-18)15-3-7-17(8-4-15)22-20-13-27(14-21(22)25-20)24(29)19-11-12-19/h3-10,19-22,25H,11-14H2,1-2H3/t20-,21+,22?. The van der Waals surface area contributed by atoms with Gasteiger partial charge in [-0.2, -0.15) is 0 Å². The van der Waals surface area contributed by atoms with Crippen LogP contribution in [-0.4, -0.2) is 60.9 Å². The second-order valence-corrected chi connectivity index (χ2v) is 8.82. The molecule has 2 bridgehead atoms. The van der Waals surface area contributed by atoms with Crippen LogP contribution in [0.5, 0.6) is 0 Å². The van der Waals surface area contributed by atoms with Crippen LogP contribution in [0.4, 0.5) is 0 Å². The number of rotatable bonds is 4. The van der Waals surface area contributed by atoms with Gasteiger partial charge in [0.25, 0.3) is 5.91 Å². The van der Waals surface area contributed by atoms with Crippen molar-refractivity contribution in [3.63, 3.8) is 0 Å². The van der Waals surface area contributed by atoms with Crippen LogP contribution in [0.15, 0.2) is 48.5 Å². The van der Waals surface area contributed by atoms with Crippen LogP contribution in [0, 0.1) is 5.92 Å². The lowest BCUT2D eigenvalue weighted by atomic mass is 9.74. The van der Waals surface area contributed by atoms with Crippen molar-refractivity contribution in [1.29, 1.82) is 0 Å². The maximum Gasteiger partial charge on any atom is 0.253 e. The molecule has 1 unspecified atom stereocenters. The van der Waals surface area contributed by atoms with E-state index in [1.165, 1.54) is 5.56 Å². The summed E-state index contributed by atoms with van der Waals surface area (Å²) in [6.07, 6.45) is 2.15. The Kier molecular flexibility index (Phi) is 4.43. The quantitative estimate of drug-likeness (QED) is 0.875. The van der Waals surface area contributed by atoms with Gasteiger partial charge in [0.2, 0.25) is 5.91 Å². The van der Waals surface area contributed by atoms with Gasteiger partial charge in [-0.15, -0.1) is 0 Å². The lowest BCUT2D eigenvalue weighted by Gasteiger charge is -2.55. The molecule has 6 rings (SSSR count). The molecule has 2 aromatic rings. The van der Waals surface area contributed by atoms with Gasteiger partial charge >= 0.3 is 0 Å². The van der Waals surface area contributed by atoms with Crippen molar-refractivity contribution in [3.05, 3.63) is 59.7 Å². The molecule has 3 aliphatic heterocycles. The monoisotopic (exact) mass is 389 g/mol. The van der Waals surface area contributed by atoms with E-state index < -0.39 is 0 Å². The second-order valence-electron chi connectivity index (χ2n) is 8.82. The van der Waals surface area contributed by atoms with E-state index in [4.69, 9.17) is 0 Å². The molecule has 2 aromatic carbocycles. The van der Waals surface area contributed by atoms with Crippen LogP contribution >= 0.6 is 0 Å². The van der Waals surface area contributed by atoms with Gasteiger partial charge in [-0.1, -0.05) is 36.4 Å². The molecule has 3 saturated heterocycles. The Morgan fingerprint density at radius 1 is 0.897 bits per heavy atom. The van der Waals surface area contributed by atoms with Crippen molar-refractivity contribution in [3.8, 4) is 11.1 Å². The van der Waals surface area contributed by atoms with E-state index in [9.17, 15) is 9.59 Å². The number of fused-ring (bicyclic) bond motifs is 2. The molecule has 3 heterocycles. The van der Waals surface area contributed by atoms with Gasteiger partial charge in [-0.25, -0.2) is 0 Å². The number of carbonyl (C=O) groups is 2. The van der Waals surface area contributed by atoms with Crippen LogP contribution in [0.1, 0.15) is 34.7 Å². The number of nitrogens with one attached hydrogen (secondary N) is 1. The van der Waals surface area contributed by atoms with E-state index >= 15 is 0 Å². The highest BCUT2D eigenvalue weighted by Gasteiger charge is 2.49. The van der Waals surface area contributed by atoms with Gasteiger partial charge < -0.3 is 15.1 Å². The molecule has 5 nitrogen and oxygen atoms in total. The smallest absolute Gasteiger partial charge is 0.253 e. The minimum absolute atomic E-state index is 0.0186. The summed E-state index contributed by atoms with van der Waals surface area (Å²) in [7, 11) is 3.53. The minimum atomic E-state index is 0.0186. The number of piperazine rings is 1. The molecular weight excluding hydrogens is 362 g/mol. The summed E-state index contributed by atoms with van der Waals surface area (Å²) in [5.74, 6) is 1.19. The van der Waals surface area contributed by atoms with Crippen molar-refractivity contribution in [2.75, 3.05) is 27.2 Å². The maximum atomic E-state index is 12.3. The summed E-state index contributed by atoms with van der Waals surface area (Å²) >= 11 is 0. The van der Waals surface area contributed by atoms with Crippen molar-refractivity contribution in [2.45, 2.75) is 30.8 Å². The number of hydrogen-bond acceptors (Lipinski definition) is 3. The van der Waals surface area contributed by atoms with Crippen molar-refractivity contribution in [1.82, 2.24) is 15.1 Å². The van der Waals surface area contributed by atoms with E-state index in [0.717, 1.165) is 37.1 Å². The van der Waals surface area contributed by atoms with Crippen LogP contribution < -0.4 is 5.32 Å². The molecule has 0 spiro atoms. The Morgan fingerprint density at radius 2 is 1.45 bits per heavy atom. The fraction of sp³-hybridized carbons (Fsp3) is 0.417. The Bertz CT molecular complexity index is 920. The van der Waals surface area contributed by atoms with Crippen molar-refractivity contribution < 1.29 is 9.59 Å². The number of nitrogens with zero attached hydrogens (tertiary/aromatic N) is 2. The largest absolute Gasteiger partial charge is 0.345 e. The number of hydrogen-bond donors (Lipinski definition) is 1. The zero-order chi connectivity index (χ0) is 20.1. The molecule has 1 saturated carbocycles. The molecule has 4 fully saturated rings. The molecule has 0 radical (unpaired) electrons. The maximum absolute atomic E-state index is 12.3. The fourth-order valence-electron chi connectivity index (χ4n) is 4.72. The van der Waals surface area contributed by atoms with Crippen molar-refractivity contribution >= 4 is 11.8 Å². The van der Waals surface area contributed by atoms with Crippen LogP contribution in [0.3, 0.4) is 0 Å².